The van der Waals surface area contributed by atoms with Crippen LogP contribution in [0, 0.1) is 0 Å². The molecular formula is C24H15ClS. The Morgan fingerprint density at radius 1 is 0.577 bits per heavy atom. The number of hydrogen-bond donors (Lipinski definition) is 0. The molecule has 0 aliphatic heterocycles. The predicted molar refractivity (Wildman–Crippen MR) is 115 cm³/mol. The second-order valence-corrected chi connectivity index (χ2v) is 7.86. The maximum atomic E-state index is 6.46. The Bertz CT molecular complexity index is 1220. The number of rotatable bonds is 2. The molecule has 4 aromatic carbocycles. The fourth-order valence-corrected chi connectivity index (χ4v) is 4.92. The van der Waals surface area contributed by atoms with Gasteiger partial charge in [-0.05, 0) is 34.9 Å². The summed E-state index contributed by atoms with van der Waals surface area (Å²) in [4.78, 5) is 0. The third-order valence-electron chi connectivity index (χ3n) is 4.75. The minimum atomic E-state index is 0.781. The van der Waals surface area contributed by atoms with Crippen molar-refractivity contribution >= 4 is 43.1 Å². The SMILES string of the molecule is Clc1cc(-c2ccc(-c3ccccc3)cc2)c2sc3ccccc3c2c1. The van der Waals surface area contributed by atoms with Crippen LogP contribution in [0.2, 0.25) is 5.02 Å². The van der Waals surface area contributed by atoms with E-state index in [2.05, 4.69) is 84.9 Å². The smallest absolute Gasteiger partial charge is 0.0434 e. The summed E-state index contributed by atoms with van der Waals surface area (Å²) in [5, 5.41) is 3.29. The lowest BCUT2D eigenvalue weighted by molar-refractivity contribution is 1.61. The van der Waals surface area contributed by atoms with Crippen molar-refractivity contribution in [2.75, 3.05) is 0 Å². The van der Waals surface area contributed by atoms with Crippen molar-refractivity contribution < 1.29 is 0 Å². The molecule has 5 rings (SSSR count). The molecule has 124 valence electrons. The highest BCUT2D eigenvalue weighted by molar-refractivity contribution is 7.26. The van der Waals surface area contributed by atoms with Gasteiger partial charge in [0.2, 0.25) is 0 Å². The number of halogens is 1. The Labute approximate surface area is 161 Å². The zero-order chi connectivity index (χ0) is 17.5. The van der Waals surface area contributed by atoms with Gasteiger partial charge in [-0.25, -0.2) is 0 Å². The first-order chi connectivity index (χ1) is 12.8. The van der Waals surface area contributed by atoms with E-state index in [1.807, 2.05) is 17.4 Å². The van der Waals surface area contributed by atoms with E-state index in [1.54, 1.807) is 0 Å². The van der Waals surface area contributed by atoms with Crippen molar-refractivity contribution in [1.29, 1.82) is 0 Å². The molecule has 0 aliphatic rings. The van der Waals surface area contributed by atoms with Crippen molar-refractivity contribution in [3.63, 3.8) is 0 Å². The van der Waals surface area contributed by atoms with Gasteiger partial charge in [-0.3, -0.25) is 0 Å². The third kappa shape index (κ3) is 2.61. The molecule has 0 fully saturated rings. The molecule has 1 heterocycles. The number of thiophene rings is 1. The first-order valence-corrected chi connectivity index (χ1v) is 9.76. The fourth-order valence-electron chi connectivity index (χ4n) is 3.48. The summed E-state index contributed by atoms with van der Waals surface area (Å²) in [6.45, 7) is 0. The van der Waals surface area contributed by atoms with Gasteiger partial charge in [0.15, 0.2) is 0 Å². The van der Waals surface area contributed by atoms with E-state index in [9.17, 15) is 0 Å². The quantitative estimate of drug-likeness (QED) is 0.295. The van der Waals surface area contributed by atoms with Crippen LogP contribution in [0.25, 0.3) is 42.4 Å². The Morgan fingerprint density at radius 3 is 2.04 bits per heavy atom. The molecule has 2 heteroatoms. The van der Waals surface area contributed by atoms with Crippen LogP contribution in [0.3, 0.4) is 0 Å². The van der Waals surface area contributed by atoms with E-state index in [-0.39, 0.29) is 0 Å². The molecule has 0 N–H and O–H groups in total. The van der Waals surface area contributed by atoms with Crippen molar-refractivity contribution in [1.82, 2.24) is 0 Å². The Hall–Kier alpha value is -2.61. The lowest BCUT2D eigenvalue weighted by Gasteiger charge is -2.07. The summed E-state index contributed by atoms with van der Waals surface area (Å²) in [5.74, 6) is 0. The van der Waals surface area contributed by atoms with Crippen LogP contribution in [0.4, 0.5) is 0 Å². The third-order valence-corrected chi connectivity index (χ3v) is 6.18. The Balaban J connectivity index is 1.69. The van der Waals surface area contributed by atoms with Crippen LogP contribution in [0.5, 0.6) is 0 Å². The molecule has 0 bridgehead atoms. The van der Waals surface area contributed by atoms with Crippen LogP contribution in [-0.2, 0) is 0 Å². The van der Waals surface area contributed by atoms with Gasteiger partial charge in [0.05, 0.1) is 0 Å². The highest BCUT2D eigenvalue weighted by Gasteiger charge is 2.12. The van der Waals surface area contributed by atoms with Gasteiger partial charge in [-0.2, -0.15) is 0 Å². The van der Waals surface area contributed by atoms with E-state index < -0.39 is 0 Å². The summed E-state index contributed by atoms with van der Waals surface area (Å²) in [5.41, 5.74) is 4.86. The molecule has 0 aliphatic carbocycles. The van der Waals surface area contributed by atoms with Crippen LogP contribution in [0.1, 0.15) is 0 Å². The standard InChI is InChI=1S/C24H15ClS/c25-19-14-21(24-22(15-19)20-8-4-5-9-23(20)26-24)18-12-10-17(11-13-18)16-6-2-1-3-7-16/h1-15H. The minimum absolute atomic E-state index is 0.781. The summed E-state index contributed by atoms with van der Waals surface area (Å²) in [6.07, 6.45) is 0. The predicted octanol–water partition coefficient (Wildman–Crippen LogP) is 8.04. The maximum absolute atomic E-state index is 6.46. The van der Waals surface area contributed by atoms with Gasteiger partial charge in [-0.15, -0.1) is 11.3 Å². The number of hydrogen-bond acceptors (Lipinski definition) is 1. The molecule has 0 unspecified atom stereocenters. The zero-order valence-electron chi connectivity index (χ0n) is 13.9. The molecule has 1 aromatic heterocycles. The molecule has 0 spiro atoms. The molecule has 26 heavy (non-hydrogen) atoms. The van der Waals surface area contributed by atoms with Gasteiger partial charge >= 0.3 is 0 Å². The van der Waals surface area contributed by atoms with Crippen molar-refractivity contribution in [2.24, 2.45) is 0 Å². The van der Waals surface area contributed by atoms with E-state index in [4.69, 9.17) is 11.6 Å². The fraction of sp³-hybridized carbons (Fsp3) is 0. The summed E-state index contributed by atoms with van der Waals surface area (Å²) in [6, 6.07) is 31.9. The van der Waals surface area contributed by atoms with Crippen LogP contribution in [-0.4, -0.2) is 0 Å². The van der Waals surface area contributed by atoms with Crippen LogP contribution < -0.4 is 0 Å². The molecule has 0 saturated carbocycles. The molecule has 0 radical (unpaired) electrons. The highest BCUT2D eigenvalue weighted by Crippen LogP contribution is 2.41. The Kier molecular flexibility index (Phi) is 3.77. The monoisotopic (exact) mass is 370 g/mol. The van der Waals surface area contributed by atoms with Crippen LogP contribution in [0.15, 0.2) is 91.0 Å². The molecule has 0 amide bonds. The molecule has 0 atom stereocenters. The summed E-state index contributed by atoms with van der Waals surface area (Å²) < 4.78 is 2.59. The number of fused-ring (bicyclic) bond motifs is 3. The topological polar surface area (TPSA) is 0 Å². The van der Waals surface area contributed by atoms with Gasteiger partial charge in [0.25, 0.3) is 0 Å². The normalized spacial score (nSPS) is 11.3. The highest BCUT2D eigenvalue weighted by atomic mass is 35.5. The van der Waals surface area contributed by atoms with Crippen molar-refractivity contribution in [2.45, 2.75) is 0 Å². The van der Waals surface area contributed by atoms with E-state index in [0.29, 0.717) is 0 Å². The molecule has 5 aromatic rings. The molecule has 0 nitrogen and oxygen atoms in total. The minimum Gasteiger partial charge on any atom is -0.135 e. The molecule has 0 saturated heterocycles. The lowest BCUT2D eigenvalue weighted by atomic mass is 9.99. The van der Waals surface area contributed by atoms with E-state index in [0.717, 1.165) is 5.02 Å². The van der Waals surface area contributed by atoms with Crippen LogP contribution >= 0.6 is 22.9 Å². The van der Waals surface area contributed by atoms with E-state index >= 15 is 0 Å². The second kappa shape index (κ2) is 6.28. The number of benzene rings is 4. The van der Waals surface area contributed by atoms with Gasteiger partial charge in [0, 0.05) is 30.8 Å². The van der Waals surface area contributed by atoms with E-state index in [1.165, 1.54) is 42.4 Å². The first kappa shape index (κ1) is 15.6. The van der Waals surface area contributed by atoms with Crippen molar-refractivity contribution in [3.05, 3.63) is 96.0 Å². The Morgan fingerprint density at radius 2 is 1.23 bits per heavy atom. The second-order valence-electron chi connectivity index (χ2n) is 6.37. The maximum Gasteiger partial charge on any atom is 0.0434 e. The summed E-state index contributed by atoms with van der Waals surface area (Å²) in [7, 11) is 0. The van der Waals surface area contributed by atoms with Gasteiger partial charge in [-0.1, -0.05) is 84.4 Å². The van der Waals surface area contributed by atoms with Gasteiger partial charge in [0.1, 0.15) is 0 Å². The first-order valence-electron chi connectivity index (χ1n) is 8.56. The van der Waals surface area contributed by atoms with Crippen molar-refractivity contribution in [3.8, 4) is 22.3 Å². The van der Waals surface area contributed by atoms with Gasteiger partial charge < -0.3 is 0 Å². The largest absolute Gasteiger partial charge is 0.135 e. The lowest BCUT2D eigenvalue weighted by Crippen LogP contribution is -1.81. The average molecular weight is 371 g/mol. The average Bonchev–Trinajstić information content (AvgIpc) is 3.07. The molecular weight excluding hydrogens is 356 g/mol. The zero-order valence-corrected chi connectivity index (χ0v) is 15.5. The summed E-state index contributed by atoms with van der Waals surface area (Å²) >= 11 is 8.30.